The van der Waals surface area contributed by atoms with Crippen LogP contribution in [0.15, 0.2) is 52.7 Å². The number of hydrogen-bond donors (Lipinski definition) is 1. The molecule has 0 saturated carbocycles. The van der Waals surface area contributed by atoms with Crippen LogP contribution in [0.3, 0.4) is 0 Å². The number of carbonyl (C=O) groups is 1. The second-order valence-electron chi connectivity index (χ2n) is 5.52. The van der Waals surface area contributed by atoms with Crippen LogP contribution in [0.1, 0.15) is 21.5 Å². The molecular weight excluding hydrogens is 336 g/mol. The van der Waals surface area contributed by atoms with E-state index in [9.17, 15) is 4.79 Å². The van der Waals surface area contributed by atoms with E-state index in [1.54, 1.807) is 11.8 Å². The Morgan fingerprint density at radius 2 is 1.83 bits per heavy atom. The van der Waals surface area contributed by atoms with Gasteiger partial charge in [-0.15, -0.1) is 23.1 Å². The lowest BCUT2D eigenvalue weighted by molar-refractivity contribution is 0.102. The SMILES string of the molecule is CSc1ccc(C(=O)Nc2nc(-c3ccc(C)c(C)c3)cs2)cc1. The van der Waals surface area contributed by atoms with E-state index in [1.165, 1.54) is 22.5 Å². The Labute approximate surface area is 150 Å². The summed E-state index contributed by atoms with van der Waals surface area (Å²) >= 11 is 3.09. The highest BCUT2D eigenvalue weighted by molar-refractivity contribution is 7.98. The van der Waals surface area contributed by atoms with E-state index in [-0.39, 0.29) is 5.91 Å². The van der Waals surface area contributed by atoms with Gasteiger partial charge in [0.05, 0.1) is 5.69 Å². The van der Waals surface area contributed by atoms with Crippen molar-refractivity contribution in [3.8, 4) is 11.3 Å². The maximum atomic E-state index is 12.3. The topological polar surface area (TPSA) is 42.0 Å². The van der Waals surface area contributed by atoms with Crippen molar-refractivity contribution in [3.63, 3.8) is 0 Å². The Kier molecular flexibility index (Phi) is 5.02. The number of thiazole rings is 1. The van der Waals surface area contributed by atoms with Gasteiger partial charge in [-0.2, -0.15) is 0 Å². The molecule has 3 aromatic rings. The number of amides is 1. The molecule has 0 radical (unpaired) electrons. The molecule has 0 fully saturated rings. The molecule has 0 aliphatic carbocycles. The maximum absolute atomic E-state index is 12.3. The summed E-state index contributed by atoms with van der Waals surface area (Å²) in [4.78, 5) is 18.0. The monoisotopic (exact) mass is 354 g/mol. The van der Waals surface area contributed by atoms with Crippen LogP contribution in [0.2, 0.25) is 0 Å². The van der Waals surface area contributed by atoms with Crippen LogP contribution in [-0.2, 0) is 0 Å². The average Bonchev–Trinajstić information content (AvgIpc) is 3.06. The van der Waals surface area contributed by atoms with Gasteiger partial charge in [0.2, 0.25) is 0 Å². The zero-order valence-corrected chi connectivity index (χ0v) is 15.4. The second-order valence-corrected chi connectivity index (χ2v) is 7.26. The average molecular weight is 354 g/mol. The van der Waals surface area contributed by atoms with Crippen molar-refractivity contribution in [1.82, 2.24) is 4.98 Å². The van der Waals surface area contributed by atoms with E-state index in [2.05, 4.69) is 42.3 Å². The Morgan fingerprint density at radius 1 is 1.08 bits per heavy atom. The molecule has 3 rings (SSSR count). The van der Waals surface area contributed by atoms with Crippen molar-refractivity contribution < 1.29 is 4.79 Å². The van der Waals surface area contributed by atoms with E-state index >= 15 is 0 Å². The highest BCUT2D eigenvalue weighted by atomic mass is 32.2. The van der Waals surface area contributed by atoms with Gasteiger partial charge < -0.3 is 0 Å². The summed E-state index contributed by atoms with van der Waals surface area (Å²) in [6, 6.07) is 13.8. The molecule has 1 N–H and O–H groups in total. The van der Waals surface area contributed by atoms with Gasteiger partial charge in [-0.1, -0.05) is 12.1 Å². The third kappa shape index (κ3) is 3.68. The smallest absolute Gasteiger partial charge is 0.257 e. The number of benzene rings is 2. The van der Waals surface area contributed by atoms with Crippen molar-refractivity contribution >= 4 is 34.1 Å². The molecule has 0 saturated heterocycles. The van der Waals surface area contributed by atoms with Gasteiger partial charge in [-0.05, 0) is 61.6 Å². The second kappa shape index (κ2) is 7.20. The third-order valence-electron chi connectivity index (χ3n) is 3.88. The molecule has 122 valence electrons. The molecule has 1 aromatic heterocycles. The van der Waals surface area contributed by atoms with E-state index in [4.69, 9.17) is 0 Å². The first-order valence-corrected chi connectivity index (χ1v) is 9.66. The molecule has 24 heavy (non-hydrogen) atoms. The van der Waals surface area contributed by atoms with Crippen LogP contribution >= 0.6 is 23.1 Å². The molecule has 0 bridgehead atoms. The van der Waals surface area contributed by atoms with Crippen LogP contribution in [0.4, 0.5) is 5.13 Å². The number of nitrogens with one attached hydrogen (secondary N) is 1. The fourth-order valence-electron chi connectivity index (χ4n) is 2.28. The zero-order chi connectivity index (χ0) is 17.1. The van der Waals surface area contributed by atoms with Gasteiger partial charge in [-0.25, -0.2) is 4.98 Å². The van der Waals surface area contributed by atoms with Gasteiger partial charge in [-0.3, -0.25) is 10.1 Å². The van der Waals surface area contributed by atoms with Crippen molar-refractivity contribution in [2.45, 2.75) is 18.7 Å². The highest BCUT2D eigenvalue weighted by Crippen LogP contribution is 2.27. The first-order chi connectivity index (χ1) is 11.6. The number of carbonyl (C=O) groups excluding carboxylic acids is 1. The van der Waals surface area contributed by atoms with Crippen LogP contribution in [0, 0.1) is 13.8 Å². The summed E-state index contributed by atoms with van der Waals surface area (Å²) in [6.07, 6.45) is 2.01. The standard InChI is InChI=1S/C19H18N2OS2/c1-12-4-5-15(10-13(12)2)17-11-24-19(20-17)21-18(22)14-6-8-16(23-3)9-7-14/h4-11H,1-3H3,(H,20,21,22). The molecule has 1 heterocycles. The van der Waals surface area contributed by atoms with E-state index in [1.807, 2.05) is 35.9 Å². The highest BCUT2D eigenvalue weighted by Gasteiger charge is 2.10. The number of anilines is 1. The summed E-state index contributed by atoms with van der Waals surface area (Å²) in [6.45, 7) is 4.18. The molecule has 0 atom stereocenters. The Morgan fingerprint density at radius 3 is 2.50 bits per heavy atom. The first kappa shape index (κ1) is 16.7. The maximum Gasteiger partial charge on any atom is 0.257 e. The molecule has 1 amide bonds. The van der Waals surface area contributed by atoms with E-state index in [0.29, 0.717) is 10.7 Å². The lowest BCUT2D eigenvalue weighted by Gasteiger charge is -2.03. The van der Waals surface area contributed by atoms with Crippen molar-refractivity contribution in [2.75, 3.05) is 11.6 Å². The van der Waals surface area contributed by atoms with Gasteiger partial charge in [0.15, 0.2) is 5.13 Å². The lowest BCUT2D eigenvalue weighted by atomic mass is 10.1. The molecular formula is C19H18N2OS2. The Bertz CT molecular complexity index is 869. The minimum absolute atomic E-state index is 0.136. The van der Waals surface area contributed by atoms with Crippen LogP contribution in [0.5, 0.6) is 0 Å². The number of aryl methyl sites for hydroxylation is 2. The van der Waals surface area contributed by atoms with Gasteiger partial charge >= 0.3 is 0 Å². The zero-order valence-electron chi connectivity index (χ0n) is 13.8. The van der Waals surface area contributed by atoms with Gasteiger partial charge in [0.25, 0.3) is 5.91 Å². The number of hydrogen-bond acceptors (Lipinski definition) is 4. The lowest BCUT2D eigenvalue weighted by Crippen LogP contribution is -2.11. The quantitative estimate of drug-likeness (QED) is 0.638. The van der Waals surface area contributed by atoms with Crippen LogP contribution in [0.25, 0.3) is 11.3 Å². The van der Waals surface area contributed by atoms with E-state index < -0.39 is 0 Å². The summed E-state index contributed by atoms with van der Waals surface area (Å²) in [5, 5.41) is 5.46. The molecule has 0 aliphatic rings. The van der Waals surface area contributed by atoms with Crippen molar-refractivity contribution in [1.29, 1.82) is 0 Å². The molecule has 0 aliphatic heterocycles. The summed E-state index contributed by atoms with van der Waals surface area (Å²) in [5.74, 6) is -0.136. The van der Waals surface area contributed by atoms with Crippen LogP contribution in [-0.4, -0.2) is 17.1 Å². The number of thioether (sulfide) groups is 1. The summed E-state index contributed by atoms with van der Waals surface area (Å²) in [7, 11) is 0. The number of nitrogens with zero attached hydrogens (tertiary/aromatic N) is 1. The molecule has 2 aromatic carbocycles. The van der Waals surface area contributed by atoms with Crippen molar-refractivity contribution in [3.05, 3.63) is 64.5 Å². The van der Waals surface area contributed by atoms with Gasteiger partial charge in [0.1, 0.15) is 0 Å². The van der Waals surface area contributed by atoms with Crippen molar-refractivity contribution in [2.24, 2.45) is 0 Å². The number of aromatic nitrogens is 1. The van der Waals surface area contributed by atoms with E-state index in [0.717, 1.165) is 16.2 Å². The predicted molar refractivity (Wildman–Crippen MR) is 103 cm³/mol. The molecule has 3 nitrogen and oxygen atoms in total. The number of rotatable bonds is 4. The molecule has 0 spiro atoms. The van der Waals surface area contributed by atoms with Gasteiger partial charge in [0, 0.05) is 21.4 Å². The summed E-state index contributed by atoms with van der Waals surface area (Å²) < 4.78 is 0. The van der Waals surface area contributed by atoms with Crippen LogP contribution < -0.4 is 5.32 Å². The third-order valence-corrected chi connectivity index (χ3v) is 5.38. The minimum atomic E-state index is -0.136. The predicted octanol–water partition coefficient (Wildman–Crippen LogP) is 5.40. The molecule has 0 unspecified atom stereocenters. The normalized spacial score (nSPS) is 10.6. The minimum Gasteiger partial charge on any atom is -0.298 e. The Hall–Kier alpha value is -2.11. The molecule has 5 heteroatoms. The largest absolute Gasteiger partial charge is 0.298 e. The first-order valence-electron chi connectivity index (χ1n) is 7.55. The fourth-order valence-corrected chi connectivity index (χ4v) is 3.40. The Balaban J connectivity index is 1.75. The summed E-state index contributed by atoms with van der Waals surface area (Å²) in [5.41, 5.74) is 5.09. The fraction of sp³-hybridized carbons (Fsp3) is 0.158.